The molecule has 4 rings (SSSR count). The maximum Gasteiger partial charge on any atom is 0.293 e. The van der Waals surface area contributed by atoms with Gasteiger partial charge in [0, 0.05) is 31.5 Å². The zero-order valence-corrected chi connectivity index (χ0v) is 17.6. The van der Waals surface area contributed by atoms with Crippen LogP contribution in [0.3, 0.4) is 0 Å². The molecule has 0 bridgehead atoms. The van der Waals surface area contributed by atoms with Gasteiger partial charge in [-0.1, -0.05) is 61.0 Å². The number of carbonyl (C=O) groups excluding carboxylic acids is 1. The molecule has 0 saturated carbocycles. The first-order valence-corrected chi connectivity index (χ1v) is 9.77. The molecule has 0 unspecified atom stereocenters. The quantitative estimate of drug-likeness (QED) is 0.685. The average Bonchev–Trinajstić information content (AvgIpc) is 3.32. The van der Waals surface area contributed by atoms with Crippen molar-refractivity contribution in [2.24, 2.45) is 5.73 Å². The molecular formula is C21H23Cl2N5O. The van der Waals surface area contributed by atoms with Crippen molar-refractivity contribution in [1.29, 1.82) is 0 Å². The summed E-state index contributed by atoms with van der Waals surface area (Å²) >= 11 is 6.31. The number of carbonyl (C=O) groups is 1. The van der Waals surface area contributed by atoms with E-state index < -0.39 is 0 Å². The number of aryl methyl sites for hydroxylation is 1. The lowest BCUT2D eigenvalue weighted by molar-refractivity contribution is 0.0777. The van der Waals surface area contributed by atoms with E-state index in [1.807, 2.05) is 43.3 Å². The van der Waals surface area contributed by atoms with E-state index in [-0.39, 0.29) is 36.1 Å². The summed E-state index contributed by atoms with van der Waals surface area (Å²) in [6, 6.07) is 17.4. The van der Waals surface area contributed by atoms with Crippen molar-refractivity contribution < 1.29 is 4.79 Å². The average molecular weight is 432 g/mol. The molecule has 0 radical (unpaired) electrons. The van der Waals surface area contributed by atoms with Crippen molar-refractivity contribution in [3.8, 4) is 5.69 Å². The third-order valence-electron chi connectivity index (χ3n) is 5.14. The Kier molecular flexibility index (Phi) is 6.57. The first-order chi connectivity index (χ1) is 13.6. The number of rotatable bonds is 4. The van der Waals surface area contributed by atoms with Crippen LogP contribution >= 0.6 is 24.0 Å². The second-order valence-corrected chi connectivity index (χ2v) is 7.37. The number of halogens is 2. The molecule has 2 N–H and O–H groups in total. The molecule has 1 aliphatic heterocycles. The van der Waals surface area contributed by atoms with E-state index >= 15 is 0 Å². The number of para-hydroxylation sites is 1. The lowest BCUT2D eigenvalue weighted by Gasteiger charge is -2.14. The minimum absolute atomic E-state index is 0. The zero-order valence-electron chi connectivity index (χ0n) is 16.0. The van der Waals surface area contributed by atoms with E-state index in [1.54, 1.807) is 15.6 Å². The molecular weight excluding hydrogens is 409 g/mol. The van der Waals surface area contributed by atoms with Gasteiger partial charge in [-0.2, -0.15) is 0 Å². The highest BCUT2D eigenvalue weighted by atomic mass is 35.5. The van der Waals surface area contributed by atoms with Crippen LogP contribution in [0.1, 0.15) is 34.8 Å². The Balaban J connectivity index is 0.00000240. The number of nitrogens with zero attached hydrogens (tertiary/aromatic N) is 4. The smallest absolute Gasteiger partial charge is 0.293 e. The maximum absolute atomic E-state index is 13.1. The van der Waals surface area contributed by atoms with Crippen molar-refractivity contribution in [3.63, 3.8) is 0 Å². The SMILES string of the molecule is CCc1nc(C(=O)N2C[C@@H](N)[C@H](c3ccccc3)C2)nn1-c1ccccc1Cl.Cl. The summed E-state index contributed by atoms with van der Waals surface area (Å²) in [4.78, 5) is 19.3. The second-order valence-electron chi connectivity index (χ2n) is 6.96. The molecule has 1 amide bonds. The van der Waals surface area contributed by atoms with Crippen molar-refractivity contribution in [2.45, 2.75) is 25.3 Å². The molecule has 6 nitrogen and oxygen atoms in total. The van der Waals surface area contributed by atoms with Crippen LogP contribution in [0.4, 0.5) is 0 Å². The standard InChI is InChI=1S/C21H22ClN5O.ClH/c1-2-19-24-20(25-27(19)18-11-7-6-10-16(18)22)21(28)26-12-15(17(23)13-26)14-8-4-3-5-9-14;/h3-11,15,17H,2,12-13,23H2,1H3;1H/t15-,17+;/m0./s1. The number of likely N-dealkylation sites (tertiary alicyclic amines) is 1. The largest absolute Gasteiger partial charge is 0.334 e. The first-order valence-electron chi connectivity index (χ1n) is 9.39. The highest BCUT2D eigenvalue weighted by Gasteiger charge is 2.35. The topological polar surface area (TPSA) is 77.0 Å². The Morgan fingerprint density at radius 3 is 2.52 bits per heavy atom. The van der Waals surface area contributed by atoms with Gasteiger partial charge in [-0.15, -0.1) is 17.5 Å². The van der Waals surface area contributed by atoms with Crippen LogP contribution in [0.5, 0.6) is 0 Å². The Hall–Kier alpha value is -2.41. The fourth-order valence-corrected chi connectivity index (χ4v) is 3.89. The molecule has 2 heterocycles. The third-order valence-corrected chi connectivity index (χ3v) is 5.46. The number of aromatic nitrogens is 3. The predicted octanol–water partition coefficient (Wildman–Crippen LogP) is 3.47. The highest BCUT2D eigenvalue weighted by molar-refractivity contribution is 6.32. The molecule has 2 atom stereocenters. The molecule has 0 spiro atoms. The van der Waals surface area contributed by atoms with Crippen LogP contribution in [0.25, 0.3) is 5.69 Å². The molecule has 2 aromatic carbocycles. The Morgan fingerprint density at radius 2 is 1.83 bits per heavy atom. The summed E-state index contributed by atoms with van der Waals surface area (Å²) < 4.78 is 1.65. The number of amides is 1. The second kappa shape index (κ2) is 8.95. The van der Waals surface area contributed by atoms with Gasteiger partial charge in [0.05, 0.1) is 10.7 Å². The molecule has 0 aliphatic carbocycles. The number of nitrogens with two attached hydrogens (primary N) is 1. The van der Waals surface area contributed by atoms with Crippen molar-refractivity contribution in [3.05, 3.63) is 76.8 Å². The highest BCUT2D eigenvalue weighted by Crippen LogP contribution is 2.27. The normalized spacial score (nSPS) is 18.5. The van der Waals surface area contributed by atoms with Gasteiger partial charge in [-0.05, 0) is 17.7 Å². The van der Waals surface area contributed by atoms with Crippen molar-refractivity contribution in [2.75, 3.05) is 13.1 Å². The van der Waals surface area contributed by atoms with Crippen LogP contribution < -0.4 is 5.73 Å². The van der Waals surface area contributed by atoms with Gasteiger partial charge in [0.25, 0.3) is 5.91 Å². The molecule has 1 aliphatic rings. The molecule has 29 heavy (non-hydrogen) atoms. The summed E-state index contributed by atoms with van der Waals surface area (Å²) in [7, 11) is 0. The zero-order chi connectivity index (χ0) is 19.7. The van der Waals surface area contributed by atoms with Crippen molar-refractivity contribution in [1.82, 2.24) is 19.7 Å². The molecule has 1 aromatic heterocycles. The first kappa shape index (κ1) is 21.3. The number of hydrogen-bond acceptors (Lipinski definition) is 4. The minimum atomic E-state index is -0.200. The monoisotopic (exact) mass is 431 g/mol. The van der Waals surface area contributed by atoms with Gasteiger partial charge in [0.15, 0.2) is 0 Å². The van der Waals surface area contributed by atoms with Crippen LogP contribution in [0.15, 0.2) is 54.6 Å². The summed E-state index contributed by atoms with van der Waals surface area (Å²) in [5, 5.41) is 5.03. The summed E-state index contributed by atoms with van der Waals surface area (Å²) in [5.41, 5.74) is 8.20. The van der Waals surface area contributed by atoms with E-state index in [4.69, 9.17) is 17.3 Å². The maximum atomic E-state index is 13.1. The van der Waals surface area contributed by atoms with Crippen LogP contribution in [-0.2, 0) is 6.42 Å². The van der Waals surface area contributed by atoms with Gasteiger partial charge in [0.2, 0.25) is 5.82 Å². The molecule has 1 fully saturated rings. The summed E-state index contributed by atoms with van der Waals surface area (Å²) in [6.45, 7) is 3.02. The van der Waals surface area contributed by atoms with Gasteiger partial charge < -0.3 is 10.6 Å². The lowest BCUT2D eigenvalue weighted by Crippen LogP contribution is -2.32. The fourth-order valence-electron chi connectivity index (χ4n) is 3.67. The van der Waals surface area contributed by atoms with Crippen LogP contribution in [0.2, 0.25) is 5.02 Å². The molecule has 1 saturated heterocycles. The number of benzene rings is 2. The minimum Gasteiger partial charge on any atom is -0.334 e. The van der Waals surface area contributed by atoms with Gasteiger partial charge in [0.1, 0.15) is 5.82 Å². The van der Waals surface area contributed by atoms with Gasteiger partial charge >= 0.3 is 0 Å². The molecule has 8 heteroatoms. The number of hydrogen-bond donors (Lipinski definition) is 1. The summed E-state index contributed by atoms with van der Waals surface area (Å²) in [6.07, 6.45) is 0.637. The van der Waals surface area contributed by atoms with Crippen LogP contribution in [0, 0.1) is 0 Å². The molecule has 3 aromatic rings. The Labute approximate surface area is 181 Å². The van der Waals surface area contributed by atoms with E-state index in [0.717, 1.165) is 5.56 Å². The van der Waals surface area contributed by atoms with Crippen LogP contribution in [-0.4, -0.2) is 44.7 Å². The Morgan fingerprint density at radius 1 is 1.14 bits per heavy atom. The third kappa shape index (κ3) is 4.15. The lowest BCUT2D eigenvalue weighted by atomic mass is 9.95. The molecule has 152 valence electrons. The van der Waals surface area contributed by atoms with Gasteiger partial charge in [-0.3, -0.25) is 4.79 Å². The van der Waals surface area contributed by atoms with Crippen molar-refractivity contribution >= 4 is 29.9 Å². The summed E-state index contributed by atoms with van der Waals surface area (Å²) in [5.74, 6) is 0.785. The predicted molar refractivity (Wildman–Crippen MR) is 116 cm³/mol. The van der Waals surface area contributed by atoms with E-state index in [1.165, 1.54) is 0 Å². The fraction of sp³-hybridized carbons (Fsp3) is 0.286. The van der Waals surface area contributed by atoms with E-state index in [2.05, 4.69) is 22.2 Å². The van der Waals surface area contributed by atoms with E-state index in [0.29, 0.717) is 36.0 Å². The van der Waals surface area contributed by atoms with E-state index in [9.17, 15) is 4.79 Å². The van der Waals surface area contributed by atoms with Gasteiger partial charge in [-0.25, -0.2) is 9.67 Å². The Bertz CT molecular complexity index is 992.